The standard InChI is InChI=1S/C16H15ClN2O2/c1-20-15-7-6-11(8-16(15)21-2)10-19-14-5-3-4-13(17)12(14)9-18/h3-8,19H,10H2,1-2H3. The van der Waals surface area contributed by atoms with Crippen LogP contribution in [0.4, 0.5) is 5.69 Å². The Morgan fingerprint density at radius 3 is 2.57 bits per heavy atom. The number of methoxy groups -OCH3 is 2. The van der Waals surface area contributed by atoms with Crippen LogP contribution in [0.2, 0.25) is 5.02 Å². The van der Waals surface area contributed by atoms with Gasteiger partial charge in [0.05, 0.1) is 30.5 Å². The molecule has 0 radical (unpaired) electrons. The molecule has 0 aromatic heterocycles. The summed E-state index contributed by atoms with van der Waals surface area (Å²) < 4.78 is 10.5. The zero-order valence-electron chi connectivity index (χ0n) is 11.8. The predicted octanol–water partition coefficient (Wildman–Crippen LogP) is 3.84. The van der Waals surface area contributed by atoms with Crippen LogP contribution in [0.5, 0.6) is 11.5 Å². The first-order chi connectivity index (χ1) is 10.2. The molecule has 0 bridgehead atoms. The van der Waals surface area contributed by atoms with E-state index >= 15 is 0 Å². The molecule has 108 valence electrons. The van der Waals surface area contributed by atoms with Gasteiger partial charge >= 0.3 is 0 Å². The van der Waals surface area contributed by atoms with Crippen molar-refractivity contribution in [3.05, 3.63) is 52.5 Å². The Labute approximate surface area is 128 Å². The fourth-order valence-electron chi connectivity index (χ4n) is 1.97. The topological polar surface area (TPSA) is 54.3 Å². The summed E-state index contributed by atoms with van der Waals surface area (Å²) in [6.45, 7) is 0.551. The van der Waals surface area contributed by atoms with E-state index in [2.05, 4.69) is 11.4 Å². The van der Waals surface area contributed by atoms with Gasteiger partial charge in [-0.3, -0.25) is 0 Å². The number of nitriles is 1. The molecule has 21 heavy (non-hydrogen) atoms. The van der Waals surface area contributed by atoms with E-state index in [4.69, 9.17) is 26.3 Å². The fraction of sp³-hybridized carbons (Fsp3) is 0.188. The van der Waals surface area contributed by atoms with Gasteiger partial charge in [0, 0.05) is 6.54 Å². The van der Waals surface area contributed by atoms with E-state index in [0.29, 0.717) is 34.3 Å². The highest BCUT2D eigenvalue weighted by atomic mass is 35.5. The van der Waals surface area contributed by atoms with Crippen molar-refractivity contribution in [2.24, 2.45) is 0 Å². The maximum absolute atomic E-state index is 9.14. The fourth-order valence-corrected chi connectivity index (χ4v) is 2.19. The average Bonchev–Trinajstić information content (AvgIpc) is 2.52. The lowest BCUT2D eigenvalue weighted by atomic mass is 10.1. The largest absolute Gasteiger partial charge is 0.493 e. The number of rotatable bonds is 5. The molecule has 2 rings (SSSR count). The van der Waals surface area contributed by atoms with Gasteiger partial charge < -0.3 is 14.8 Å². The second-order valence-corrected chi connectivity index (χ2v) is 4.72. The van der Waals surface area contributed by atoms with Gasteiger partial charge in [0.2, 0.25) is 0 Å². The van der Waals surface area contributed by atoms with Gasteiger partial charge in [0.15, 0.2) is 11.5 Å². The zero-order chi connectivity index (χ0) is 15.2. The highest BCUT2D eigenvalue weighted by Gasteiger charge is 2.07. The number of ether oxygens (including phenoxy) is 2. The zero-order valence-corrected chi connectivity index (χ0v) is 12.6. The van der Waals surface area contributed by atoms with E-state index < -0.39 is 0 Å². The van der Waals surface area contributed by atoms with Crippen LogP contribution in [-0.2, 0) is 6.54 Å². The quantitative estimate of drug-likeness (QED) is 0.911. The Hall–Kier alpha value is -2.38. The van der Waals surface area contributed by atoms with Crippen molar-refractivity contribution in [1.82, 2.24) is 0 Å². The molecule has 0 unspecified atom stereocenters. The van der Waals surface area contributed by atoms with Crippen LogP contribution in [0.1, 0.15) is 11.1 Å². The van der Waals surface area contributed by atoms with E-state index in [1.807, 2.05) is 24.3 Å². The second kappa shape index (κ2) is 6.87. The number of nitrogens with zero attached hydrogens (tertiary/aromatic N) is 1. The molecule has 0 amide bonds. The number of benzene rings is 2. The molecule has 0 aliphatic carbocycles. The first-order valence-corrected chi connectivity index (χ1v) is 6.70. The number of nitrogens with one attached hydrogen (secondary N) is 1. The lowest BCUT2D eigenvalue weighted by Crippen LogP contribution is -2.02. The monoisotopic (exact) mass is 302 g/mol. The lowest BCUT2D eigenvalue weighted by Gasteiger charge is -2.12. The molecule has 0 atom stereocenters. The molecule has 0 aliphatic heterocycles. The molecule has 0 saturated carbocycles. The van der Waals surface area contributed by atoms with Crippen LogP contribution < -0.4 is 14.8 Å². The van der Waals surface area contributed by atoms with Crippen LogP contribution in [0.25, 0.3) is 0 Å². The molecule has 0 saturated heterocycles. The van der Waals surface area contributed by atoms with Crippen molar-refractivity contribution in [1.29, 1.82) is 5.26 Å². The van der Waals surface area contributed by atoms with E-state index in [-0.39, 0.29) is 0 Å². The maximum Gasteiger partial charge on any atom is 0.161 e. The summed E-state index contributed by atoms with van der Waals surface area (Å²) in [4.78, 5) is 0. The SMILES string of the molecule is COc1ccc(CNc2cccc(Cl)c2C#N)cc1OC. The molecular formula is C16H15ClN2O2. The summed E-state index contributed by atoms with van der Waals surface area (Å²) in [5, 5.41) is 12.8. The first-order valence-electron chi connectivity index (χ1n) is 6.33. The Balaban J connectivity index is 2.17. The predicted molar refractivity (Wildman–Crippen MR) is 83.0 cm³/mol. The van der Waals surface area contributed by atoms with E-state index in [0.717, 1.165) is 5.56 Å². The highest BCUT2D eigenvalue weighted by Crippen LogP contribution is 2.28. The third-order valence-electron chi connectivity index (χ3n) is 3.06. The van der Waals surface area contributed by atoms with Crippen molar-refractivity contribution in [3.8, 4) is 17.6 Å². The second-order valence-electron chi connectivity index (χ2n) is 4.32. The van der Waals surface area contributed by atoms with Gasteiger partial charge in [0.1, 0.15) is 6.07 Å². The lowest BCUT2D eigenvalue weighted by molar-refractivity contribution is 0.354. The molecule has 2 aromatic rings. The Kier molecular flexibility index (Phi) is 4.91. The van der Waals surface area contributed by atoms with Gasteiger partial charge in [-0.1, -0.05) is 23.7 Å². The number of anilines is 1. The summed E-state index contributed by atoms with van der Waals surface area (Å²) in [6.07, 6.45) is 0. The Bertz CT molecular complexity index is 680. The normalized spacial score (nSPS) is 9.81. The van der Waals surface area contributed by atoms with Crippen molar-refractivity contribution in [3.63, 3.8) is 0 Å². The molecule has 0 aliphatic rings. The summed E-state index contributed by atoms with van der Waals surface area (Å²) in [7, 11) is 3.20. The van der Waals surface area contributed by atoms with Crippen LogP contribution in [0, 0.1) is 11.3 Å². The summed E-state index contributed by atoms with van der Waals surface area (Å²) in [5.74, 6) is 1.35. The van der Waals surface area contributed by atoms with Gasteiger partial charge in [-0.2, -0.15) is 5.26 Å². The highest BCUT2D eigenvalue weighted by molar-refractivity contribution is 6.32. The summed E-state index contributed by atoms with van der Waals surface area (Å²) >= 11 is 6.00. The molecule has 2 aromatic carbocycles. The smallest absolute Gasteiger partial charge is 0.161 e. The molecule has 0 heterocycles. The molecule has 0 spiro atoms. The molecular weight excluding hydrogens is 288 g/mol. The number of hydrogen-bond donors (Lipinski definition) is 1. The van der Waals surface area contributed by atoms with Crippen molar-refractivity contribution in [2.75, 3.05) is 19.5 Å². The molecule has 4 nitrogen and oxygen atoms in total. The van der Waals surface area contributed by atoms with E-state index in [9.17, 15) is 0 Å². The van der Waals surface area contributed by atoms with Crippen LogP contribution in [0.15, 0.2) is 36.4 Å². The minimum absolute atomic E-state index is 0.440. The molecule has 1 N–H and O–H groups in total. The summed E-state index contributed by atoms with van der Waals surface area (Å²) in [6, 6.07) is 13.1. The number of hydrogen-bond acceptors (Lipinski definition) is 4. The molecule has 0 fully saturated rings. The van der Waals surface area contributed by atoms with Crippen molar-refractivity contribution in [2.45, 2.75) is 6.54 Å². The first kappa shape index (κ1) is 15.0. The van der Waals surface area contributed by atoms with Crippen molar-refractivity contribution >= 4 is 17.3 Å². The van der Waals surface area contributed by atoms with Crippen LogP contribution >= 0.6 is 11.6 Å². The van der Waals surface area contributed by atoms with Crippen LogP contribution in [0.3, 0.4) is 0 Å². The third kappa shape index (κ3) is 3.39. The third-order valence-corrected chi connectivity index (χ3v) is 3.37. The van der Waals surface area contributed by atoms with Crippen molar-refractivity contribution < 1.29 is 9.47 Å². The minimum Gasteiger partial charge on any atom is -0.493 e. The Morgan fingerprint density at radius 1 is 1.14 bits per heavy atom. The summed E-state index contributed by atoms with van der Waals surface area (Å²) in [5.41, 5.74) is 2.16. The van der Waals surface area contributed by atoms with Gasteiger partial charge in [-0.15, -0.1) is 0 Å². The van der Waals surface area contributed by atoms with E-state index in [1.54, 1.807) is 26.4 Å². The van der Waals surface area contributed by atoms with Crippen LogP contribution in [-0.4, -0.2) is 14.2 Å². The van der Waals surface area contributed by atoms with Gasteiger partial charge in [-0.05, 0) is 29.8 Å². The van der Waals surface area contributed by atoms with E-state index in [1.165, 1.54) is 0 Å². The average molecular weight is 303 g/mol. The minimum atomic E-state index is 0.440. The molecule has 5 heteroatoms. The Morgan fingerprint density at radius 2 is 1.90 bits per heavy atom. The van der Waals surface area contributed by atoms with Gasteiger partial charge in [0.25, 0.3) is 0 Å². The van der Waals surface area contributed by atoms with Gasteiger partial charge in [-0.25, -0.2) is 0 Å². The number of halogens is 1. The maximum atomic E-state index is 9.14.